The van der Waals surface area contributed by atoms with Crippen molar-refractivity contribution in [1.29, 1.82) is 0 Å². The van der Waals surface area contributed by atoms with E-state index in [0.717, 1.165) is 34.4 Å². The van der Waals surface area contributed by atoms with Gasteiger partial charge >= 0.3 is 0 Å². The third-order valence-electron chi connectivity index (χ3n) is 5.48. The van der Waals surface area contributed by atoms with Crippen LogP contribution in [0.1, 0.15) is 32.6 Å². The van der Waals surface area contributed by atoms with Crippen molar-refractivity contribution in [1.82, 2.24) is 4.98 Å². The minimum Gasteiger partial charge on any atom is -0.366 e. The Morgan fingerprint density at radius 3 is 2.20 bits per heavy atom. The smallest absolute Gasteiger partial charge is 0.248 e. The standard InChI is InChI=1S/C26H25N3O/c1-16-12-17(2)23(18(3)13-16)15-28-25-11-9-22-14-21(8-10-24(22)29-25)19-4-6-20(7-5-19)26(27)30/h4-14H,15H2,1-3H3,(H2,27,30)(H,28,29). The molecule has 1 aromatic heterocycles. The predicted octanol–water partition coefficient (Wildman–Crippen LogP) is 5.54. The molecule has 0 fully saturated rings. The fourth-order valence-electron chi connectivity index (χ4n) is 3.90. The molecule has 30 heavy (non-hydrogen) atoms. The van der Waals surface area contributed by atoms with E-state index in [1.807, 2.05) is 30.3 Å². The van der Waals surface area contributed by atoms with E-state index >= 15 is 0 Å². The van der Waals surface area contributed by atoms with Gasteiger partial charge in [-0.15, -0.1) is 0 Å². The van der Waals surface area contributed by atoms with Crippen LogP contribution in [0.3, 0.4) is 0 Å². The number of anilines is 1. The summed E-state index contributed by atoms with van der Waals surface area (Å²) in [5.74, 6) is 0.445. The van der Waals surface area contributed by atoms with Crippen molar-refractivity contribution in [3.63, 3.8) is 0 Å². The van der Waals surface area contributed by atoms with Gasteiger partial charge in [-0.3, -0.25) is 4.79 Å². The van der Waals surface area contributed by atoms with Gasteiger partial charge in [-0.25, -0.2) is 4.98 Å². The molecule has 1 amide bonds. The lowest BCUT2D eigenvalue weighted by atomic mass is 10.00. The Bertz CT molecular complexity index is 1220. The molecule has 150 valence electrons. The Labute approximate surface area is 176 Å². The molecular formula is C26H25N3O. The fraction of sp³-hybridized carbons (Fsp3) is 0.154. The zero-order valence-electron chi connectivity index (χ0n) is 17.5. The molecule has 0 unspecified atom stereocenters. The van der Waals surface area contributed by atoms with Crippen LogP contribution in [-0.2, 0) is 6.54 Å². The Morgan fingerprint density at radius 1 is 0.867 bits per heavy atom. The summed E-state index contributed by atoms with van der Waals surface area (Å²) in [6.07, 6.45) is 0. The van der Waals surface area contributed by atoms with Gasteiger partial charge in [0.05, 0.1) is 5.52 Å². The van der Waals surface area contributed by atoms with Crippen LogP contribution in [0, 0.1) is 20.8 Å². The van der Waals surface area contributed by atoms with E-state index < -0.39 is 5.91 Å². The normalized spacial score (nSPS) is 10.9. The van der Waals surface area contributed by atoms with Crippen LogP contribution < -0.4 is 11.1 Å². The molecule has 0 spiro atoms. The summed E-state index contributed by atoms with van der Waals surface area (Å²) in [5, 5.41) is 4.53. The number of hydrogen-bond acceptors (Lipinski definition) is 3. The second kappa shape index (κ2) is 7.99. The second-order valence-electron chi connectivity index (χ2n) is 7.78. The number of nitrogens with one attached hydrogen (secondary N) is 1. The van der Waals surface area contributed by atoms with Crippen LogP contribution in [0.15, 0.2) is 66.7 Å². The maximum Gasteiger partial charge on any atom is 0.248 e. The number of aryl methyl sites for hydroxylation is 3. The largest absolute Gasteiger partial charge is 0.366 e. The lowest BCUT2D eigenvalue weighted by molar-refractivity contribution is 0.100. The van der Waals surface area contributed by atoms with Gasteiger partial charge < -0.3 is 11.1 Å². The molecule has 0 aliphatic heterocycles. The fourth-order valence-corrected chi connectivity index (χ4v) is 3.90. The van der Waals surface area contributed by atoms with Gasteiger partial charge in [-0.05, 0) is 85.0 Å². The molecule has 4 aromatic rings. The average Bonchev–Trinajstić information content (AvgIpc) is 2.72. The number of nitrogens with two attached hydrogens (primary N) is 1. The number of primary amides is 1. The van der Waals surface area contributed by atoms with Crippen LogP contribution in [-0.4, -0.2) is 10.9 Å². The SMILES string of the molecule is Cc1cc(C)c(CNc2ccc3cc(-c4ccc(C(N)=O)cc4)ccc3n2)c(C)c1. The molecular weight excluding hydrogens is 370 g/mol. The Kier molecular flexibility index (Phi) is 5.23. The third kappa shape index (κ3) is 4.03. The average molecular weight is 396 g/mol. The Morgan fingerprint density at radius 2 is 1.53 bits per heavy atom. The first-order valence-corrected chi connectivity index (χ1v) is 10.0. The molecule has 1 heterocycles. The summed E-state index contributed by atoms with van der Waals surface area (Å²) in [7, 11) is 0. The van der Waals surface area contributed by atoms with Crippen LogP contribution >= 0.6 is 0 Å². The molecule has 0 radical (unpaired) electrons. The van der Waals surface area contributed by atoms with Gasteiger partial charge in [0, 0.05) is 17.5 Å². The zero-order chi connectivity index (χ0) is 21.3. The van der Waals surface area contributed by atoms with Gasteiger partial charge in [-0.2, -0.15) is 0 Å². The molecule has 0 aliphatic carbocycles. The molecule has 0 saturated carbocycles. The zero-order valence-corrected chi connectivity index (χ0v) is 17.5. The number of aromatic nitrogens is 1. The molecule has 4 heteroatoms. The second-order valence-corrected chi connectivity index (χ2v) is 7.78. The summed E-state index contributed by atoms with van der Waals surface area (Å²) < 4.78 is 0. The summed E-state index contributed by atoms with van der Waals surface area (Å²) in [6.45, 7) is 7.19. The molecule has 0 bridgehead atoms. The number of pyridine rings is 1. The lowest BCUT2D eigenvalue weighted by Crippen LogP contribution is -2.10. The maximum absolute atomic E-state index is 11.3. The lowest BCUT2D eigenvalue weighted by Gasteiger charge is -2.13. The topological polar surface area (TPSA) is 68.0 Å². The van der Waals surface area contributed by atoms with Gasteiger partial charge in [0.2, 0.25) is 5.91 Å². The minimum absolute atomic E-state index is 0.416. The van der Waals surface area contributed by atoms with Gasteiger partial charge in [0.25, 0.3) is 0 Å². The first-order chi connectivity index (χ1) is 14.4. The van der Waals surface area contributed by atoms with E-state index in [9.17, 15) is 4.79 Å². The van der Waals surface area contributed by atoms with E-state index in [1.54, 1.807) is 12.1 Å². The highest BCUT2D eigenvalue weighted by atomic mass is 16.1. The third-order valence-corrected chi connectivity index (χ3v) is 5.48. The highest BCUT2D eigenvalue weighted by molar-refractivity contribution is 5.93. The Hall–Kier alpha value is -3.66. The summed E-state index contributed by atoms with van der Waals surface area (Å²) in [6, 6.07) is 22.1. The van der Waals surface area contributed by atoms with Crippen molar-refractivity contribution in [2.24, 2.45) is 5.73 Å². The highest BCUT2D eigenvalue weighted by Gasteiger charge is 2.07. The van der Waals surface area contributed by atoms with Crippen molar-refractivity contribution in [2.75, 3.05) is 5.32 Å². The summed E-state index contributed by atoms with van der Waals surface area (Å²) in [5.41, 5.74) is 14.1. The van der Waals surface area contributed by atoms with E-state index in [2.05, 4.69) is 50.4 Å². The molecule has 0 aliphatic rings. The summed E-state index contributed by atoms with van der Waals surface area (Å²) >= 11 is 0. The van der Waals surface area contributed by atoms with Crippen LogP contribution in [0.5, 0.6) is 0 Å². The molecule has 3 aromatic carbocycles. The molecule has 4 rings (SSSR count). The molecule has 4 nitrogen and oxygen atoms in total. The predicted molar refractivity (Wildman–Crippen MR) is 124 cm³/mol. The van der Waals surface area contributed by atoms with Crippen molar-refractivity contribution in [3.05, 3.63) is 94.5 Å². The summed E-state index contributed by atoms with van der Waals surface area (Å²) in [4.78, 5) is 16.0. The van der Waals surface area contributed by atoms with E-state index in [4.69, 9.17) is 10.7 Å². The molecule has 0 saturated heterocycles. The van der Waals surface area contributed by atoms with Gasteiger partial charge in [-0.1, -0.05) is 35.9 Å². The number of nitrogens with zero attached hydrogens (tertiary/aromatic N) is 1. The van der Waals surface area contributed by atoms with Crippen molar-refractivity contribution in [3.8, 4) is 11.1 Å². The monoisotopic (exact) mass is 395 g/mol. The number of amides is 1. The first-order valence-electron chi connectivity index (χ1n) is 10.0. The molecule has 0 atom stereocenters. The van der Waals surface area contributed by atoms with E-state index in [0.29, 0.717) is 5.56 Å². The van der Waals surface area contributed by atoms with E-state index in [-0.39, 0.29) is 0 Å². The van der Waals surface area contributed by atoms with Gasteiger partial charge in [0.1, 0.15) is 5.82 Å². The quantitative estimate of drug-likeness (QED) is 0.466. The number of hydrogen-bond donors (Lipinski definition) is 2. The van der Waals surface area contributed by atoms with Crippen LogP contribution in [0.25, 0.3) is 22.0 Å². The van der Waals surface area contributed by atoms with Crippen molar-refractivity contribution in [2.45, 2.75) is 27.3 Å². The molecule has 3 N–H and O–H groups in total. The highest BCUT2D eigenvalue weighted by Crippen LogP contribution is 2.25. The maximum atomic E-state index is 11.3. The van der Waals surface area contributed by atoms with Crippen molar-refractivity contribution >= 4 is 22.6 Å². The first kappa shape index (κ1) is 19.6. The number of carbonyl (C=O) groups is 1. The Balaban J connectivity index is 1.55. The van der Waals surface area contributed by atoms with Crippen LogP contribution in [0.2, 0.25) is 0 Å². The van der Waals surface area contributed by atoms with E-state index in [1.165, 1.54) is 22.3 Å². The number of rotatable bonds is 5. The van der Waals surface area contributed by atoms with Gasteiger partial charge in [0.15, 0.2) is 0 Å². The number of carbonyl (C=O) groups excluding carboxylic acids is 1. The van der Waals surface area contributed by atoms with Crippen molar-refractivity contribution < 1.29 is 4.79 Å². The minimum atomic E-state index is -0.416. The number of fused-ring (bicyclic) bond motifs is 1. The number of benzene rings is 3. The van der Waals surface area contributed by atoms with Crippen LogP contribution in [0.4, 0.5) is 5.82 Å².